The number of hydrogen-bond donors (Lipinski definition) is 1. The summed E-state index contributed by atoms with van der Waals surface area (Å²) in [4.78, 5) is 0. The Balaban J connectivity index is 2.62. The first kappa shape index (κ1) is 16.6. The Labute approximate surface area is 124 Å². The third kappa shape index (κ3) is 2.27. The van der Waals surface area contributed by atoms with Gasteiger partial charge in [-0.1, -0.05) is 30.7 Å². The van der Waals surface area contributed by atoms with Crippen molar-refractivity contribution in [3.05, 3.63) is 24.3 Å². The molecule has 0 aromatic rings. The fourth-order valence-corrected chi connectivity index (χ4v) is 5.24. The molecule has 0 radical (unpaired) electrons. The summed E-state index contributed by atoms with van der Waals surface area (Å²) in [6, 6.07) is 0. The number of fused-ring (bicyclic) bond motifs is 2. The third-order valence-electron chi connectivity index (χ3n) is 5.26. The van der Waals surface area contributed by atoms with E-state index in [1.165, 1.54) is 19.1 Å². The van der Waals surface area contributed by atoms with E-state index in [1.807, 2.05) is 0 Å². The largest absolute Gasteiger partial charge is 0.382 e. The van der Waals surface area contributed by atoms with Gasteiger partial charge in [0.25, 0.3) is 0 Å². The van der Waals surface area contributed by atoms with Gasteiger partial charge in [-0.05, 0) is 50.9 Å². The zero-order valence-corrected chi connectivity index (χ0v) is 13.2. The van der Waals surface area contributed by atoms with Crippen molar-refractivity contribution < 1.29 is 21.8 Å². The maximum Gasteiger partial charge on any atom is 0.382 e. The van der Waals surface area contributed by atoms with Crippen molar-refractivity contribution in [2.45, 2.75) is 44.8 Å². The van der Waals surface area contributed by atoms with Gasteiger partial charge in [0, 0.05) is 0 Å². The molecule has 2 bridgehead atoms. The van der Waals surface area contributed by atoms with Crippen LogP contribution in [0.1, 0.15) is 39.5 Å². The third-order valence-corrected chi connectivity index (χ3v) is 6.25. The predicted octanol–water partition coefficient (Wildman–Crippen LogP) is 4.04. The van der Waals surface area contributed by atoms with Crippen molar-refractivity contribution in [2.24, 2.45) is 23.2 Å². The van der Waals surface area contributed by atoms with E-state index in [0.717, 1.165) is 19.3 Å². The second-order valence-electron chi connectivity index (χ2n) is 6.42. The zero-order valence-electron chi connectivity index (χ0n) is 12.4. The van der Waals surface area contributed by atoms with Crippen LogP contribution in [0.25, 0.3) is 0 Å². The molecule has 0 saturated heterocycles. The first-order valence-electron chi connectivity index (χ1n) is 7.22. The normalized spacial score (nSPS) is 32.5. The monoisotopic (exact) mass is 320 g/mol. The molecule has 2 saturated carbocycles. The van der Waals surface area contributed by atoms with Gasteiger partial charge in [-0.3, -0.25) is 4.55 Å². The summed E-state index contributed by atoms with van der Waals surface area (Å²) in [5.74, 6) is -0.0569. The van der Waals surface area contributed by atoms with E-state index in [0.29, 0.717) is 12.3 Å². The van der Waals surface area contributed by atoms with E-state index in [4.69, 9.17) is 4.55 Å². The van der Waals surface area contributed by atoms with Gasteiger partial charge in [0.2, 0.25) is 0 Å². The van der Waals surface area contributed by atoms with E-state index in [9.17, 15) is 17.2 Å². The van der Waals surface area contributed by atoms with Crippen LogP contribution in [0.5, 0.6) is 0 Å². The number of allylic oxidation sites excluding steroid dienone is 3. The van der Waals surface area contributed by atoms with Crippen molar-refractivity contribution in [3.8, 4) is 0 Å². The Morgan fingerprint density at radius 3 is 2.29 bits per heavy atom. The molecule has 6 heteroatoms. The number of halogens is 2. The van der Waals surface area contributed by atoms with Crippen LogP contribution in [0.2, 0.25) is 0 Å². The smallest absolute Gasteiger partial charge is 0.281 e. The van der Waals surface area contributed by atoms with Crippen LogP contribution in [-0.4, -0.2) is 18.2 Å². The summed E-state index contributed by atoms with van der Waals surface area (Å²) < 4.78 is 61.3. The first-order chi connectivity index (χ1) is 9.58. The summed E-state index contributed by atoms with van der Waals surface area (Å²) >= 11 is 0. The first-order valence-corrected chi connectivity index (χ1v) is 8.66. The molecule has 2 aliphatic rings. The molecule has 120 valence electrons. The van der Waals surface area contributed by atoms with Gasteiger partial charge in [0.05, 0.1) is 5.41 Å². The zero-order chi connectivity index (χ0) is 16.1. The topological polar surface area (TPSA) is 54.4 Å². The van der Waals surface area contributed by atoms with E-state index < -0.39 is 26.7 Å². The highest BCUT2D eigenvalue weighted by Crippen LogP contribution is 2.62. The second-order valence-corrected chi connectivity index (χ2v) is 7.89. The van der Waals surface area contributed by atoms with Gasteiger partial charge in [-0.15, -0.1) is 0 Å². The molecule has 0 amide bonds. The van der Waals surface area contributed by atoms with E-state index in [1.54, 1.807) is 6.92 Å². The van der Waals surface area contributed by atoms with Crippen LogP contribution in [0, 0.1) is 23.2 Å². The highest BCUT2D eigenvalue weighted by molar-refractivity contribution is 7.86. The van der Waals surface area contributed by atoms with Gasteiger partial charge >= 0.3 is 15.4 Å². The van der Waals surface area contributed by atoms with Crippen LogP contribution in [-0.2, 0) is 10.1 Å². The lowest BCUT2D eigenvalue weighted by molar-refractivity contribution is -0.0509. The Morgan fingerprint density at radius 2 is 1.95 bits per heavy atom. The Bertz CT molecular complexity index is 567. The van der Waals surface area contributed by atoms with Crippen LogP contribution in [0.4, 0.5) is 8.78 Å². The lowest BCUT2D eigenvalue weighted by Gasteiger charge is -2.45. The summed E-state index contributed by atoms with van der Waals surface area (Å²) in [6.45, 7) is 6.64. The quantitative estimate of drug-likeness (QED) is 0.614. The SMILES string of the molecule is C=C(C)C(/C=C/C)(C1CC2CCC1C2)C(F)(F)S(=O)(=O)O. The molecular formula is C15H22F2O3S. The number of rotatable bonds is 5. The maximum atomic E-state index is 14.7. The fraction of sp³-hybridized carbons (Fsp3) is 0.733. The molecule has 4 unspecified atom stereocenters. The van der Waals surface area contributed by atoms with Crippen molar-refractivity contribution in [1.82, 2.24) is 0 Å². The minimum Gasteiger partial charge on any atom is -0.281 e. The van der Waals surface area contributed by atoms with Crippen molar-refractivity contribution in [1.29, 1.82) is 0 Å². The van der Waals surface area contributed by atoms with E-state index in [2.05, 4.69) is 6.58 Å². The molecule has 0 aliphatic heterocycles. The van der Waals surface area contributed by atoms with Gasteiger partial charge in [-0.25, -0.2) is 0 Å². The summed E-state index contributed by atoms with van der Waals surface area (Å²) in [7, 11) is -5.53. The molecule has 2 rings (SSSR count). The lowest BCUT2D eigenvalue weighted by Crippen LogP contribution is -2.52. The van der Waals surface area contributed by atoms with Crippen molar-refractivity contribution in [3.63, 3.8) is 0 Å². The van der Waals surface area contributed by atoms with Gasteiger partial charge < -0.3 is 0 Å². The highest BCUT2D eigenvalue weighted by Gasteiger charge is 2.67. The highest BCUT2D eigenvalue weighted by atomic mass is 32.2. The number of hydrogen-bond acceptors (Lipinski definition) is 2. The minimum absolute atomic E-state index is 0.0653. The van der Waals surface area contributed by atoms with Crippen LogP contribution in [0.15, 0.2) is 24.3 Å². The number of alkyl halides is 2. The maximum absolute atomic E-state index is 14.7. The van der Waals surface area contributed by atoms with Crippen LogP contribution >= 0.6 is 0 Å². The molecule has 0 heterocycles. The molecular weight excluding hydrogens is 298 g/mol. The average molecular weight is 320 g/mol. The molecule has 21 heavy (non-hydrogen) atoms. The predicted molar refractivity (Wildman–Crippen MR) is 77.5 cm³/mol. The lowest BCUT2D eigenvalue weighted by atomic mass is 9.64. The van der Waals surface area contributed by atoms with Crippen LogP contribution in [0.3, 0.4) is 0 Å². The van der Waals surface area contributed by atoms with Gasteiger partial charge in [-0.2, -0.15) is 17.2 Å². The fourth-order valence-electron chi connectivity index (χ4n) is 4.42. The standard InChI is InChI=1S/C15H22F2O3S/c1-4-7-14(10(2)3,15(16,17)21(18,19)20)13-9-11-5-6-12(13)8-11/h4,7,11-13H,2,5-6,8-9H2,1,3H3,(H,18,19,20)/b7-4+. The van der Waals surface area contributed by atoms with Crippen molar-refractivity contribution >= 4 is 10.1 Å². The molecule has 0 aromatic carbocycles. The Morgan fingerprint density at radius 1 is 1.33 bits per heavy atom. The molecule has 4 atom stereocenters. The summed E-state index contributed by atoms with van der Waals surface area (Å²) in [6.07, 6.45) is 5.93. The molecule has 0 spiro atoms. The summed E-state index contributed by atoms with van der Waals surface area (Å²) in [5.41, 5.74) is -1.95. The van der Waals surface area contributed by atoms with E-state index in [-0.39, 0.29) is 11.5 Å². The van der Waals surface area contributed by atoms with Crippen molar-refractivity contribution in [2.75, 3.05) is 0 Å². The van der Waals surface area contributed by atoms with Gasteiger partial charge in [0.15, 0.2) is 0 Å². The minimum atomic E-state index is -5.53. The Hall–Kier alpha value is -0.750. The average Bonchev–Trinajstić information content (AvgIpc) is 2.95. The molecule has 2 aliphatic carbocycles. The molecule has 0 aromatic heterocycles. The second kappa shape index (κ2) is 5.16. The molecule has 1 N–H and O–H groups in total. The van der Waals surface area contributed by atoms with Gasteiger partial charge in [0.1, 0.15) is 0 Å². The Kier molecular flexibility index (Phi) is 4.08. The summed E-state index contributed by atoms with van der Waals surface area (Å²) in [5, 5.41) is -4.27. The molecule has 3 nitrogen and oxygen atoms in total. The van der Waals surface area contributed by atoms with E-state index >= 15 is 0 Å². The van der Waals surface area contributed by atoms with Crippen LogP contribution < -0.4 is 0 Å². The molecule has 2 fully saturated rings.